The van der Waals surface area contributed by atoms with E-state index >= 15 is 0 Å². The van der Waals surface area contributed by atoms with Crippen LogP contribution >= 0.6 is 0 Å². The molecule has 0 unspecified atom stereocenters. The molecule has 0 atom stereocenters. The van der Waals surface area contributed by atoms with Crippen molar-refractivity contribution in [3.63, 3.8) is 0 Å². The summed E-state index contributed by atoms with van der Waals surface area (Å²) < 4.78 is 38.0. The van der Waals surface area contributed by atoms with E-state index in [0.29, 0.717) is 18.2 Å². The van der Waals surface area contributed by atoms with Gasteiger partial charge in [0.05, 0.1) is 11.1 Å². The summed E-state index contributed by atoms with van der Waals surface area (Å²) in [7, 11) is 1.72. The number of nitrogens with zero attached hydrogens (tertiary/aromatic N) is 1. The third kappa shape index (κ3) is 3.87. The van der Waals surface area contributed by atoms with Gasteiger partial charge in [0.25, 0.3) is 0 Å². The predicted molar refractivity (Wildman–Crippen MR) is 66.5 cm³/mol. The van der Waals surface area contributed by atoms with E-state index in [0.717, 1.165) is 12.1 Å². The number of aromatic carboxylic acids is 1. The maximum atomic E-state index is 12.7. The van der Waals surface area contributed by atoms with Crippen LogP contribution in [0.1, 0.15) is 29.8 Å². The van der Waals surface area contributed by atoms with Crippen LogP contribution in [0.25, 0.3) is 0 Å². The minimum atomic E-state index is -4.66. The fraction of sp³-hybridized carbons (Fsp3) is 0.462. The molecule has 0 radical (unpaired) electrons. The molecule has 1 rings (SSSR count). The van der Waals surface area contributed by atoms with Crippen LogP contribution in [0.15, 0.2) is 18.2 Å². The largest absolute Gasteiger partial charge is 0.478 e. The first kappa shape index (κ1) is 15.3. The Morgan fingerprint density at radius 2 is 1.95 bits per heavy atom. The van der Waals surface area contributed by atoms with Gasteiger partial charge in [0.1, 0.15) is 0 Å². The Bertz CT molecular complexity index is 469. The minimum Gasteiger partial charge on any atom is -0.478 e. The van der Waals surface area contributed by atoms with Crippen molar-refractivity contribution in [2.45, 2.75) is 20.0 Å². The predicted octanol–water partition coefficient (Wildman–Crippen LogP) is 3.50. The van der Waals surface area contributed by atoms with Gasteiger partial charge in [-0.3, -0.25) is 0 Å². The zero-order chi connectivity index (χ0) is 14.8. The van der Waals surface area contributed by atoms with Gasteiger partial charge < -0.3 is 10.0 Å². The molecule has 0 bridgehead atoms. The molecule has 0 heterocycles. The topological polar surface area (TPSA) is 40.5 Å². The molecule has 3 nitrogen and oxygen atoms in total. The Kier molecular flexibility index (Phi) is 4.44. The number of carboxylic acid groups (broad SMARTS) is 1. The third-order valence-corrected chi connectivity index (χ3v) is 2.62. The second-order valence-corrected chi connectivity index (χ2v) is 4.81. The van der Waals surface area contributed by atoms with E-state index in [2.05, 4.69) is 0 Å². The van der Waals surface area contributed by atoms with E-state index in [-0.39, 0.29) is 0 Å². The quantitative estimate of drug-likeness (QED) is 0.914. The number of hydrogen-bond donors (Lipinski definition) is 1. The highest BCUT2D eigenvalue weighted by atomic mass is 19.4. The first-order valence-electron chi connectivity index (χ1n) is 5.78. The normalized spacial score (nSPS) is 11.7. The summed E-state index contributed by atoms with van der Waals surface area (Å²) in [5.41, 5.74) is -1.39. The molecule has 1 aromatic carbocycles. The number of carboxylic acids is 1. The molecule has 0 aliphatic rings. The van der Waals surface area contributed by atoms with Gasteiger partial charge in [0.2, 0.25) is 0 Å². The lowest BCUT2D eigenvalue weighted by Crippen LogP contribution is -2.23. The molecular weight excluding hydrogens is 259 g/mol. The number of hydrogen-bond acceptors (Lipinski definition) is 2. The van der Waals surface area contributed by atoms with Gasteiger partial charge >= 0.3 is 12.1 Å². The van der Waals surface area contributed by atoms with Crippen molar-refractivity contribution in [3.8, 4) is 0 Å². The SMILES string of the molecule is CC(C)CN(C)c1ccc(C(F)(F)F)c(C(=O)O)c1. The molecule has 0 saturated heterocycles. The second-order valence-electron chi connectivity index (χ2n) is 4.81. The van der Waals surface area contributed by atoms with Crippen LogP contribution in [0.5, 0.6) is 0 Å². The molecule has 0 fully saturated rings. The molecule has 1 N–H and O–H groups in total. The number of alkyl halides is 3. The van der Waals surface area contributed by atoms with Crippen molar-refractivity contribution in [1.29, 1.82) is 0 Å². The van der Waals surface area contributed by atoms with E-state index in [1.54, 1.807) is 11.9 Å². The van der Waals surface area contributed by atoms with Gasteiger partial charge in [0.15, 0.2) is 0 Å². The van der Waals surface area contributed by atoms with Crippen LogP contribution in [0.2, 0.25) is 0 Å². The van der Waals surface area contributed by atoms with E-state index in [4.69, 9.17) is 5.11 Å². The van der Waals surface area contributed by atoms with Crippen molar-refractivity contribution in [2.75, 3.05) is 18.5 Å². The summed E-state index contributed by atoms with van der Waals surface area (Å²) in [6.07, 6.45) is -4.66. The maximum Gasteiger partial charge on any atom is 0.417 e. The highest BCUT2D eigenvalue weighted by molar-refractivity contribution is 5.91. The highest BCUT2D eigenvalue weighted by Gasteiger charge is 2.35. The number of benzene rings is 1. The molecule has 0 aliphatic heterocycles. The van der Waals surface area contributed by atoms with Crippen molar-refractivity contribution < 1.29 is 23.1 Å². The van der Waals surface area contributed by atoms with Crippen LogP contribution in [-0.2, 0) is 6.18 Å². The minimum absolute atomic E-state index is 0.320. The second kappa shape index (κ2) is 5.50. The van der Waals surface area contributed by atoms with Gasteiger partial charge in [-0.2, -0.15) is 13.2 Å². The molecule has 0 saturated carbocycles. The summed E-state index contributed by atoms with van der Waals surface area (Å²) in [6, 6.07) is 3.17. The molecule has 0 aliphatic carbocycles. The van der Waals surface area contributed by atoms with Crippen LogP contribution in [-0.4, -0.2) is 24.7 Å². The molecule has 106 valence electrons. The fourth-order valence-electron chi connectivity index (χ4n) is 1.85. The maximum absolute atomic E-state index is 12.7. The molecule has 0 spiro atoms. The van der Waals surface area contributed by atoms with Crippen LogP contribution < -0.4 is 4.90 Å². The Balaban J connectivity index is 3.20. The Labute approximate surface area is 109 Å². The van der Waals surface area contributed by atoms with Crippen molar-refractivity contribution in [2.24, 2.45) is 5.92 Å². The van der Waals surface area contributed by atoms with E-state index in [1.165, 1.54) is 6.07 Å². The average Bonchev–Trinajstić information content (AvgIpc) is 2.25. The smallest absolute Gasteiger partial charge is 0.417 e. The van der Waals surface area contributed by atoms with Crippen molar-refractivity contribution in [1.82, 2.24) is 0 Å². The van der Waals surface area contributed by atoms with Gasteiger partial charge in [0, 0.05) is 19.3 Å². The highest BCUT2D eigenvalue weighted by Crippen LogP contribution is 2.34. The number of halogens is 3. The zero-order valence-corrected chi connectivity index (χ0v) is 11.0. The molecule has 0 aromatic heterocycles. The monoisotopic (exact) mass is 275 g/mol. The van der Waals surface area contributed by atoms with Crippen molar-refractivity contribution in [3.05, 3.63) is 29.3 Å². The summed E-state index contributed by atoms with van der Waals surface area (Å²) in [5.74, 6) is -1.26. The summed E-state index contributed by atoms with van der Waals surface area (Å²) in [4.78, 5) is 12.7. The average molecular weight is 275 g/mol. The van der Waals surface area contributed by atoms with Crippen LogP contribution in [0.4, 0.5) is 18.9 Å². The Morgan fingerprint density at radius 3 is 2.37 bits per heavy atom. The molecule has 19 heavy (non-hydrogen) atoms. The van der Waals surface area contributed by atoms with Gasteiger partial charge in [-0.05, 0) is 24.1 Å². The summed E-state index contributed by atoms with van der Waals surface area (Å²) in [5, 5.41) is 8.90. The molecule has 0 amide bonds. The molecule has 6 heteroatoms. The first-order valence-corrected chi connectivity index (χ1v) is 5.78. The van der Waals surface area contributed by atoms with Gasteiger partial charge in [-0.15, -0.1) is 0 Å². The van der Waals surface area contributed by atoms with Gasteiger partial charge in [-0.25, -0.2) is 4.79 Å². The lowest BCUT2D eigenvalue weighted by atomic mass is 10.1. The summed E-state index contributed by atoms with van der Waals surface area (Å²) >= 11 is 0. The number of rotatable bonds is 4. The number of carbonyl (C=O) groups is 1. The van der Waals surface area contributed by atoms with Crippen LogP contribution in [0.3, 0.4) is 0 Å². The number of anilines is 1. The standard InChI is InChI=1S/C13H16F3NO2/c1-8(2)7-17(3)9-4-5-11(13(14,15)16)10(6-9)12(18)19/h4-6,8H,7H2,1-3H3,(H,18,19). The first-order chi connectivity index (χ1) is 8.62. The van der Waals surface area contributed by atoms with Crippen molar-refractivity contribution >= 4 is 11.7 Å². The van der Waals surface area contributed by atoms with E-state index < -0.39 is 23.3 Å². The van der Waals surface area contributed by atoms with E-state index in [1.807, 2.05) is 13.8 Å². The molecule has 1 aromatic rings. The van der Waals surface area contributed by atoms with E-state index in [9.17, 15) is 18.0 Å². The third-order valence-electron chi connectivity index (χ3n) is 2.62. The summed E-state index contributed by atoms with van der Waals surface area (Å²) in [6.45, 7) is 4.57. The fourth-order valence-corrected chi connectivity index (χ4v) is 1.85. The lowest BCUT2D eigenvalue weighted by molar-refractivity contribution is -0.138. The van der Waals surface area contributed by atoms with Gasteiger partial charge in [-0.1, -0.05) is 13.8 Å². The zero-order valence-electron chi connectivity index (χ0n) is 11.0. The Morgan fingerprint density at radius 1 is 1.37 bits per heavy atom. The molecular formula is C13H16F3NO2. The lowest BCUT2D eigenvalue weighted by Gasteiger charge is -2.22. The Hall–Kier alpha value is -1.72. The van der Waals surface area contributed by atoms with Crippen LogP contribution in [0, 0.1) is 5.92 Å².